The number of carboxylic acid groups (broad SMARTS) is 1. The van der Waals surface area contributed by atoms with Crippen LogP contribution in [-0.2, 0) is 22.4 Å². The van der Waals surface area contributed by atoms with E-state index in [2.05, 4.69) is 0 Å². The second-order valence-electron chi connectivity index (χ2n) is 12.1. The van der Waals surface area contributed by atoms with Gasteiger partial charge in [0.1, 0.15) is 11.4 Å². The van der Waals surface area contributed by atoms with Crippen molar-refractivity contribution in [2.45, 2.75) is 83.5 Å². The second-order valence-corrected chi connectivity index (χ2v) is 12.1. The van der Waals surface area contributed by atoms with Gasteiger partial charge in [-0.15, -0.1) is 0 Å². The maximum absolute atomic E-state index is 13.0. The highest BCUT2D eigenvalue weighted by atomic mass is 16.6. The zero-order chi connectivity index (χ0) is 30.1. The number of aliphatic hydroxyl groups is 1. The van der Waals surface area contributed by atoms with Crippen molar-refractivity contribution in [2.75, 3.05) is 13.1 Å². The molecule has 42 heavy (non-hydrogen) atoms. The molecular formula is C35H43NO6. The largest absolute Gasteiger partial charge is 0.490 e. The molecule has 1 saturated carbocycles. The predicted molar refractivity (Wildman–Crippen MR) is 164 cm³/mol. The van der Waals surface area contributed by atoms with Gasteiger partial charge in [-0.3, -0.25) is 4.79 Å². The van der Waals surface area contributed by atoms with E-state index < -0.39 is 23.8 Å². The van der Waals surface area contributed by atoms with Crippen molar-refractivity contribution in [1.82, 2.24) is 4.90 Å². The number of benzene rings is 3. The number of carbonyl (C=O) groups is 2. The Hall–Kier alpha value is -3.84. The van der Waals surface area contributed by atoms with Gasteiger partial charge in [0.25, 0.3) is 0 Å². The van der Waals surface area contributed by atoms with Gasteiger partial charge < -0.3 is 24.6 Å². The lowest BCUT2D eigenvalue weighted by Gasteiger charge is -2.29. The molecule has 3 aromatic rings. The van der Waals surface area contributed by atoms with Crippen molar-refractivity contribution >= 4 is 12.1 Å². The third-order valence-corrected chi connectivity index (χ3v) is 7.44. The zero-order valence-electron chi connectivity index (χ0n) is 24.9. The molecule has 4 rings (SSSR count). The molecule has 3 aromatic carbocycles. The summed E-state index contributed by atoms with van der Waals surface area (Å²) in [7, 11) is 0. The predicted octanol–water partition coefficient (Wildman–Crippen LogP) is 7.21. The van der Waals surface area contributed by atoms with Gasteiger partial charge in [0.05, 0.1) is 25.2 Å². The Kier molecular flexibility index (Phi) is 10.6. The SMILES string of the molecule is CC(C)(C)OC(=O)N(CCc1ccc(-c2ccc(CC(=O)O)c(OC3CCCCC3)c2)cc1)C[C@H](O)c1ccccc1. The van der Waals surface area contributed by atoms with E-state index in [1.54, 1.807) is 4.90 Å². The monoisotopic (exact) mass is 573 g/mol. The van der Waals surface area contributed by atoms with Crippen LogP contribution < -0.4 is 4.74 Å². The molecule has 0 radical (unpaired) electrons. The van der Waals surface area contributed by atoms with E-state index in [-0.39, 0.29) is 19.1 Å². The summed E-state index contributed by atoms with van der Waals surface area (Å²) in [6, 6.07) is 23.2. The first-order valence-electron chi connectivity index (χ1n) is 14.9. The van der Waals surface area contributed by atoms with Gasteiger partial charge in [0.2, 0.25) is 0 Å². The molecule has 1 fully saturated rings. The molecule has 0 unspecified atom stereocenters. The summed E-state index contributed by atoms with van der Waals surface area (Å²) in [6.45, 7) is 6.00. The molecule has 0 aromatic heterocycles. The van der Waals surface area contributed by atoms with Crippen molar-refractivity contribution in [3.05, 3.63) is 89.5 Å². The highest BCUT2D eigenvalue weighted by Gasteiger charge is 2.25. The molecule has 7 nitrogen and oxygen atoms in total. The molecule has 0 aliphatic heterocycles. The number of ether oxygens (including phenoxy) is 2. The van der Waals surface area contributed by atoms with E-state index in [1.165, 1.54) is 6.42 Å². The van der Waals surface area contributed by atoms with Crippen LogP contribution in [0.1, 0.15) is 75.7 Å². The number of aliphatic carboxylic acids is 1. The van der Waals surface area contributed by atoms with Crippen LogP contribution in [0.15, 0.2) is 72.8 Å². The summed E-state index contributed by atoms with van der Waals surface area (Å²) in [5.74, 6) is -0.229. The molecule has 224 valence electrons. The van der Waals surface area contributed by atoms with Gasteiger partial charge in [-0.25, -0.2) is 4.79 Å². The average Bonchev–Trinajstić information content (AvgIpc) is 2.96. The third kappa shape index (κ3) is 9.35. The zero-order valence-corrected chi connectivity index (χ0v) is 24.9. The summed E-state index contributed by atoms with van der Waals surface area (Å²) in [5, 5.41) is 20.2. The maximum atomic E-state index is 13.0. The Morgan fingerprint density at radius 1 is 0.929 bits per heavy atom. The molecule has 0 heterocycles. The summed E-state index contributed by atoms with van der Waals surface area (Å²) in [5.41, 5.74) is 3.79. The Labute approximate surface area is 249 Å². The number of carbonyl (C=O) groups excluding carboxylic acids is 1. The fourth-order valence-electron chi connectivity index (χ4n) is 5.22. The smallest absolute Gasteiger partial charge is 0.410 e. The molecular weight excluding hydrogens is 530 g/mol. The van der Waals surface area contributed by atoms with Gasteiger partial charge in [-0.05, 0) is 81.2 Å². The molecule has 1 atom stereocenters. The average molecular weight is 574 g/mol. The van der Waals surface area contributed by atoms with Gasteiger partial charge in [0.15, 0.2) is 0 Å². The van der Waals surface area contributed by atoms with Crippen LogP contribution in [-0.4, -0.2) is 52.0 Å². The van der Waals surface area contributed by atoms with Crippen LogP contribution >= 0.6 is 0 Å². The Morgan fingerprint density at radius 2 is 1.60 bits per heavy atom. The van der Waals surface area contributed by atoms with Crippen molar-refractivity contribution in [3.8, 4) is 16.9 Å². The van der Waals surface area contributed by atoms with Gasteiger partial charge in [-0.2, -0.15) is 0 Å². The molecule has 1 aliphatic rings. The standard InChI is InChI=1S/C35H43NO6/c1-35(2,3)42-34(40)36(24-31(37)27-10-6-4-7-11-27)21-20-25-14-16-26(17-15-25)28-18-19-29(23-33(38)39)32(22-28)41-30-12-8-5-9-13-30/h4,6-7,10-11,14-19,22,30-31,37H,5,8-9,12-13,20-21,23-24H2,1-3H3,(H,38,39)/t31-/m0/s1. The number of amides is 1. The fourth-order valence-corrected chi connectivity index (χ4v) is 5.22. The molecule has 2 N–H and O–H groups in total. The van der Waals surface area contributed by atoms with Gasteiger partial charge in [0, 0.05) is 12.1 Å². The topological polar surface area (TPSA) is 96.3 Å². The third-order valence-electron chi connectivity index (χ3n) is 7.44. The first-order valence-corrected chi connectivity index (χ1v) is 14.9. The van der Waals surface area contributed by atoms with E-state index in [9.17, 15) is 19.8 Å². The lowest BCUT2D eigenvalue weighted by Crippen LogP contribution is -2.40. The Balaban J connectivity index is 1.46. The minimum atomic E-state index is -0.877. The lowest BCUT2D eigenvalue weighted by molar-refractivity contribution is -0.136. The number of nitrogens with zero attached hydrogens (tertiary/aromatic N) is 1. The van der Waals surface area contributed by atoms with E-state index in [0.29, 0.717) is 24.3 Å². The van der Waals surface area contributed by atoms with Crippen molar-refractivity contribution in [2.24, 2.45) is 0 Å². The highest BCUT2D eigenvalue weighted by Crippen LogP contribution is 2.31. The number of aliphatic hydroxyl groups excluding tert-OH is 1. The van der Waals surface area contributed by atoms with Crippen LogP contribution in [0.25, 0.3) is 11.1 Å². The number of hydrogen-bond donors (Lipinski definition) is 2. The van der Waals surface area contributed by atoms with E-state index in [1.807, 2.05) is 93.6 Å². The molecule has 0 saturated heterocycles. The van der Waals surface area contributed by atoms with Crippen LogP contribution in [0.4, 0.5) is 4.79 Å². The maximum Gasteiger partial charge on any atom is 0.410 e. The minimum Gasteiger partial charge on any atom is -0.490 e. The Morgan fingerprint density at radius 3 is 2.24 bits per heavy atom. The van der Waals surface area contributed by atoms with Crippen LogP contribution in [0, 0.1) is 0 Å². The molecule has 1 aliphatic carbocycles. The molecule has 0 spiro atoms. The highest BCUT2D eigenvalue weighted by molar-refractivity contribution is 5.73. The van der Waals surface area contributed by atoms with E-state index in [4.69, 9.17) is 9.47 Å². The number of rotatable bonds is 11. The van der Waals surface area contributed by atoms with Crippen molar-refractivity contribution < 1.29 is 29.3 Å². The van der Waals surface area contributed by atoms with Gasteiger partial charge in [-0.1, -0.05) is 73.2 Å². The lowest BCUT2D eigenvalue weighted by atomic mass is 9.97. The summed E-state index contributed by atoms with van der Waals surface area (Å²) >= 11 is 0. The normalized spacial score (nSPS) is 14.7. The molecule has 0 bridgehead atoms. The number of carboxylic acids is 1. The molecule has 1 amide bonds. The first kappa shape index (κ1) is 31.1. The Bertz CT molecular complexity index is 1310. The number of hydrogen-bond acceptors (Lipinski definition) is 5. The van der Waals surface area contributed by atoms with Crippen molar-refractivity contribution in [1.29, 1.82) is 0 Å². The van der Waals surface area contributed by atoms with Crippen molar-refractivity contribution in [3.63, 3.8) is 0 Å². The first-order chi connectivity index (χ1) is 20.1. The summed E-state index contributed by atoms with van der Waals surface area (Å²) < 4.78 is 12.0. The fraction of sp³-hybridized carbons (Fsp3) is 0.429. The second kappa shape index (κ2) is 14.4. The summed E-state index contributed by atoms with van der Waals surface area (Å²) in [4.78, 5) is 26.0. The molecule has 7 heteroatoms. The minimum absolute atomic E-state index is 0.0750. The van der Waals surface area contributed by atoms with E-state index >= 15 is 0 Å². The van der Waals surface area contributed by atoms with Gasteiger partial charge >= 0.3 is 12.1 Å². The van der Waals surface area contributed by atoms with Crippen LogP contribution in [0.5, 0.6) is 5.75 Å². The summed E-state index contributed by atoms with van der Waals surface area (Å²) in [6.07, 6.45) is 4.84. The quantitative estimate of drug-likeness (QED) is 0.252. The van der Waals surface area contributed by atoms with E-state index in [0.717, 1.165) is 47.9 Å². The van der Waals surface area contributed by atoms with Crippen LogP contribution in [0.2, 0.25) is 0 Å². The van der Waals surface area contributed by atoms with Crippen LogP contribution in [0.3, 0.4) is 0 Å².